The molecule has 0 radical (unpaired) electrons. The average Bonchev–Trinajstić information content (AvgIpc) is 3.18. The van der Waals surface area contributed by atoms with Gasteiger partial charge in [-0.25, -0.2) is 9.98 Å². The van der Waals surface area contributed by atoms with E-state index >= 15 is 0 Å². The fourth-order valence-corrected chi connectivity index (χ4v) is 2.90. The predicted octanol–water partition coefficient (Wildman–Crippen LogP) is 3.01. The minimum atomic E-state index is 0.518. The fraction of sp³-hybridized carbons (Fsp3) is 0.529. The van der Waals surface area contributed by atoms with E-state index in [-0.39, 0.29) is 0 Å². The smallest absolute Gasteiger partial charge is 0.191 e. The zero-order valence-electron chi connectivity index (χ0n) is 14.6. The third-order valence-electron chi connectivity index (χ3n) is 3.37. The lowest BCUT2D eigenvalue weighted by Gasteiger charge is -2.10. The Labute approximate surface area is 147 Å². The fourth-order valence-electron chi connectivity index (χ4n) is 2.04. The van der Waals surface area contributed by atoms with Gasteiger partial charge in [0.1, 0.15) is 17.4 Å². The summed E-state index contributed by atoms with van der Waals surface area (Å²) in [6.45, 7) is 9.61. The number of guanidine groups is 1. The van der Waals surface area contributed by atoms with Crippen molar-refractivity contribution in [1.82, 2.24) is 15.6 Å². The lowest BCUT2D eigenvalue weighted by atomic mass is 10.4. The molecule has 2 rings (SSSR count). The highest BCUT2D eigenvalue weighted by molar-refractivity contribution is 7.11. The minimum absolute atomic E-state index is 0.518. The highest BCUT2D eigenvalue weighted by atomic mass is 32.1. The second-order valence-electron chi connectivity index (χ2n) is 5.36. The molecule has 2 aromatic rings. The van der Waals surface area contributed by atoms with Crippen LogP contribution in [-0.2, 0) is 17.9 Å². The molecule has 2 N–H and O–H groups in total. The minimum Gasteiger partial charge on any atom is -0.467 e. The molecule has 0 amide bonds. The summed E-state index contributed by atoms with van der Waals surface area (Å²) in [5.41, 5.74) is 1.09. The number of aromatic nitrogens is 1. The van der Waals surface area contributed by atoms with Crippen molar-refractivity contribution < 1.29 is 9.15 Å². The molecule has 0 fully saturated rings. The standard InChI is InChI=1S/C17H26N4O2S/c1-4-18-17(20-11-16-21-13(2)14(3)24-16)19-8-6-9-22-12-15-7-5-10-23-15/h5,7,10H,4,6,8-9,11-12H2,1-3H3,(H2,18,19,20). The van der Waals surface area contributed by atoms with Crippen LogP contribution in [0.5, 0.6) is 0 Å². The Kier molecular flexibility index (Phi) is 7.77. The summed E-state index contributed by atoms with van der Waals surface area (Å²) in [4.78, 5) is 10.4. The average molecular weight is 350 g/mol. The first-order valence-electron chi connectivity index (χ1n) is 8.24. The molecular formula is C17H26N4O2S. The summed E-state index contributed by atoms with van der Waals surface area (Å²) in [5, 5.41) is 7.61. The van der Waals surface area contributed by atoms with E-state index < -0.39 is 0 Å². The largest absolute Gasteiger partial charge is 0.467 e. The maximum absolute atomic E-state index is 5.56. The molecule has 0 atom stereocenters. The van der Waals surface area contributed by atoms with Crippen LogP contribution in [0.15, 0.2) is 27.8 Å². The zero-order valence-corrected chi connectivity index (χ0v) is 15.4. The Morgan fingerprint density at radius 2 is 2.25 bits per heavy atom. The SMILES string of the molecule is CCNC(=NCc1nc(C)c(C)s1)NCCCOCc1ccco1. The van der Waals surface area contributed by atoms with Crippen molar-refractivity contribution in [3.63, 3.8) is 0 Å². The number of aryl methyl sites for hydroxylation is 2. The normalized spacial score (nSPS) is 11.7. The van der Waals surface area contributed by atoms with Crippen LogP contribution in [0, 0.1) is 13.8 Å². The number of furan rings is 1. The Hall–Kier alpha value is -1.86. The summed E-state index contributed by atoms with van der Waals surface area (Å²) in [5.74, 6) is 1.67. The van der Waals surface area contributed by atoms with Crippen molar-refractivity contribution in [3.8, 4) is 0 Å². The molecule has 2 aromatic heterocycles. The van der Waals surface area contributed by atoms with Crippen molar-refractivity contribution in [2.45, 2.75) is 40.3 Å². The summed E-state index contributed by atoms with van der Waals surface area (Å²) in [7, 11) is 0. The number of thiazole rings is 1. The number of rotatable bonds is 9. The Balaban J connectivity index is 1.67. The van der Waals surface area contributed by atoms with E-state index in [9.17, 15) is 0 Å². The van der Waals surface area contributed by atoms with E-state index in [1.54, 1.807) is 17.6 Å². The van der Waals surface area contributed by atoms with E-state index in [0.717, 1.165) is 41.9 Å². The first kappa shape index (κ1) is 18.5. The van der Waals surface area contributed by atoms with Crippen molar-refractivity contribution in [1.29, 1.82) is 0 Å². The van der Waals surface area contributed by atoms with Crippen LogP contribution in [0.3, 0.4) is 0 Å². The molecule has 0 aliphatic rings. The van der Waals surface area contributed by atoms with Gasteiger partial charge >= 0.3 is 0 Å². The lowest BCUT2D eigenvalue weighted by Crippen LogP contribution is -2.38. The van der Waals surface area contributed by atoms with Crippen LogP contribution in [0.2, 0.25) is 0 Å². The molecule has 24 heavy (non-hydrogen) atoms. The van der Waals surface area contributed by atoms with E-state index in [2.05, 4.69) is 34.5 Å². The molecular weight excluding hydrogens is 324 g/mol. The van der Waals surface area contributed by atoms with Gasteiger partial charge in [0.15, 0.2) is 5.96 Å². The zero-order chi connectivity index (χ0) is 17.2. The van der Waals surface area contributed by atoms with Gasteiger partial charge in [0.2, 0.25) is 0 Å². The monoisotopic (exact) mass is 350 g/mol. The number of hydrogen-bond donors (Lipinski definition) is 2. The van der Waals surface area contributed by atoms with Gasteiger partial charge in [0.25, 0.3) is 0 Å². The van der Waals surface area contributed by atoms with Crippen molar-refractivity contribution in [2.75, 3.05) is 19.7 Å². The van der Waals surface area contributed by atoms with Crippen molar-refractivity contribution >= 4 is 17.3 Å². The maximum Gasteiger partial charge on any atom is 0.191 e. The summed E-state index contributed by atoms with van der Waals surface area (Å²) >= 11 is 1.71. The van der Waals surface area contributed by atoms with Gasteiger partial charge in [0.05, 0.1) is 18.5 Å². The van der Waals surface area contributed by atoms with Gasteiger partial charge in [-0.3, -0.25) is 0 Å². The topological polar surface area (TPSA) is 71.7 Å². The third kappa shape index (κ3) is 6.33. The van der Waals surface area contributed by atoms with E-state index in [0.29, 0.717) is 19.8 Å². The summed E-state index contributed by atoms with van der Waals surface area (Å²) in [6, 6.07) is 3.78. The maximum atomic E-state index is 5.56. The number of hydrogen-bond acceptors (Lipinski definition) is 5. The molecule has 0 bridgehead atoms. The summed E-state index contributed by atoms with van der Waals surface area (Å²) < 4.78 is 10.8. The number of aliphatic imine (C=N–C) groups is 1. The lowest BCUT2D eigenvalue weighted by molar-refractivity contribution is 0.105. The Morgan fingerprint density at radius 1 is 1.38 bits per heavy atom. The molecule has 0 saturated carbocycles. The second-order valence-corrected chi connectivity index (χ2v) is 6.64. The van der Waals surface area contributed by atoms with Gasteiger partial charge in [-0.15, -0.1) is 11.3 Å². The molecule has 0 aliphatic carbocycles. The molecule has 0 saturated heterocycles. The number of nitrogens with zero attached hydrogens (tertiary/aromatic N) is 2. The molecule has 7 heteroatoms. The molecule has 132 valence electrons. The highest BCUT2D eigenvalue weighted by Crippen LogP contribution is 2.16. The molecule has 0 aromatic carbocycles. The van der Waals surface area contributed by atoms with Gasteiger partial charge in [0, 0.05) is 24.6 Å². The van der Waals surface area contributed by atoms with Crippen LogP contribution >= 0.6 is 11.3 Å². The summed E-state index contributed by atoms with van der Waals surface area (Å²) in [6.07, 6.45) is 2.56. The molecule has 0 aliphatic heterocycles. The quantitative estimate of drug-likeness (QED) is 0.413. The van der Waals surface area contributed by atoms with Crippen molar-refractivity contribution in [2.24, 2.45) is 4.99 Å². The van der Waals surface area contributed by atoms with Crippen LogP contribution in [0.25, 0.3) is 0 Å². The van der Waals surface area contributed by atoms with E-state index in [4.69, 9.17) is 9.15 Å². The highest BCUT2D eigenvalue weighted by Gasteiger charge is 2.04. The van der Waals surface area contributed by atoms with Gasteiger partial charge in [-0.2, -0.15) is 0 Å². The molecule has 2 heterocycles. The van der Waals surface area contributed by atoms with Crippen LogP contribution in [-0.4, -0.2) is 30.6 Å². The van der Waals surface area contributed by atoms with Crippen molar-refractivity contribution in [3.05, 3.63) is 39.7 Å². The first-order valence-corrected chi connectivity index (χ1v) is 9.06. The molecule has 0 spiro atoms. The van der Waals surface area contributed by atoms with Crippen LogP contribution in [0.4, 0.5) is 0 Å². The van der Waals surface area contributed by atoms with Crippen LogP contribution < -0.4 is 10.6 Å². The third-order valence-corrected chi connectivity index (χ3v) is 4.43. The first-order chi connectivity index (χ1) is 11.7. The predicted molar refractivity (Wildman–Crippen MR) is 97.4 cm³/mol. The van der Waals surface area contributed by atoms with E-state index in [1.165, 1.54) is 4.88 Å². The number of nitrogens with one attached hydrogen (secondary N) is 2. The Bertz CT molecular complexity index is 603. The van der Waals surface area contributed by atoms with Crippen LogP contribution in [0.1, 0.15) is 34.7 Å². The molecule has 0 unspecified atom stereocenters. The second kappa shape index (κ2) is 10.1. The Morgan fingerprint density at radius 3 is 2.92 bits per heavy atom. The van der Waals surface area contributed by atoms with E-state index in [1.807, 2.05) is 19.1 Å². The van der Waals surface area contributed by atoms with Gasteiger partial charge in [-0.1, -0.05) is 0 Å². The van der Waals surface area contributed by atoms with Gasteiger partial charge in [-0.05, 0) is 39.3 Å². The molecule has 6 nitrogen and oxygen atoms in total. The number of ether oxygens (including phenoxy) is 1. The van der Waals surface area contributed by atoms with Gasteiger partial charge < -0.3 is 19.8 Å².